The highest BCUT2D eigenvalue weighted by Gasteiger charge is 2.38. The van der Waals surface area contributed by atoms with E-state index in [0.717, 1.165) is 5.56 Å². The lowest BCUT2D eigenvalue weighted by atomic mass is 9.95. The molecule has 0 unspecified atom stereocenters. The Kier molecular flexibility index (Phi) is 6.40. The number of piperidine rings is 1. The molecule has 1 saturated heterocycles. The lowest BCUT2D eigenvalue weighted by Crippen LogP contribution is -2.41. The minimum atomic E-state index is -4.65. The molecule has 0 spiro atoms. The van der Waals surface area contributed by atoms with Crippen molar-refractivity contribution in [3.8, 4) is 0 Å². The summed E-state index contributed by atoms with van der Waals surface area (Å²) in [6, 6.07) is 10.1. The molecule has 0 radical (unpaired) electrons. The Morgan fingerprint density at radius 1 is 1.09 bits per heavy atom. The molecular weight excluding hydrogens is 451 g/mol. The van der Waals surface area contributed by atoms with Crippen LogP contribution in [0, 0.1) is 5.92 Å². The monoisotopic (exact) mass is 475 g/mol. The summed E-state index contributed by atoms with van der Waals surface area (Å²) in [5, 5.41) is 13.4. The van der Waals surface area contributed by atoms with E-state index in [2.05, 4.69) is 20.6 Å². The molecule has 1 aromatic carbocycles. The molecule has 180 valence electrons. The molecule has 0 atom stereocenters. The molecule has 1 aliphatic rings. The lowest BCUT2D eigenvalue weighted by Gasteiger charge is -2.33. The van der Waals surface area contributed by atoms with Crippen molar-refractivity contribution in [1.29, 1.82) is 0 Å². The zero-order chi connectivity index (χ0) is 24.5. The summed E-state index contributed by atoms with van der Waals surface area (Å²) in [6.45, 7) is 1.40. The Morgan fingerprint density at radius 3 is 2.38 bits per heavy atom. The second-order valence-electron chi connectivity index (χ2n) is 8.21. The van der Waals surface area contributed by atoms with Crippen molar-refractivity contribution in [3.63, 3.8) is 0 Å². The molecule has 2 aromatic heterocycles. The molecule has 4 rings (SSSR count). The first kappa shape index (κ1) is 23.5. The normalized spacial score (nSPS) is 14.9. The predicted molar refractivity (Wildman–Crippen MR) is 117 cm³/mol. The number of amides is 2. The first-order valence-corrected chi connectivity index (χ1v) is 10.8. The van der Waals surface area contributed by atoms with Gasteiger partial charge in [0.1, 0.15) is 5.82 Å². The third-order valence-electron chi connectivity index (χ3n) is 5.91. The van der Waals surface area contributed by atoms with Crippen LogP contribution in [0.15, 0.2) is 36.4 Å². The van der Waals surface area contributed by atoms with E-state index in [1.165, 1.54) is 6.07 Å². The summed E-state index contributed by atoms with van der Waals surface area (Å²) < 4.78 is 40.1. The number of hydrogen-bond acceptors (Lipinski definition) is 6. The second kappa shape index (κ2) is 9.27. The minimum absolute atomic E-state index is 0.0107. The van der Waals surface area contributed by atoms with Crippen molar-refractivity contribution in [2.75, 3.05) is 32.1 Å². The molecular formula is C22H24F3N7O2. The van der Waals surface area contributed by atoms with Gasteiger partial charge in [0.25, 0.3) is 11.7 Å². The van der Waals surface area contributed by atoms with E-state index in [-0.39, 0.29) is 23.4 Å². The number of anilines is 1. The number of aromatic nitrogens is 4. The molecule has 1 fully saturated rings. The average Bonchev–Trinajstić information content (AvgIpc) is 3.27. The van der Waals surface area contributed by atoms with Crippen LogP contribution in [0.1, 0.15) is 34.6 Å². The van der Waals surface area contributed by atoms with Crippen molar-refractivity contribution in [2.45, 2.75) is 25.6 Å². The summed E-state index contributed by atoms with van der Waals surface area (Å²) in [5.41, 5.74) is 1.48. The van der Waals surface area contributed by atoms with Crippen molar-refractivity contribution in [1.82, 2.24) is 30.0 Å². The molecule has 9 nitrogen and oxygen atoms in total. The average molecular weight is 475 g/mol. The number of carbonyl (C=O) groups excluding carboxylic acids is 2. The molecule has 1 aliphatic heterocycles. The van der Waals surface area contributed by atoms with Crippen LogP contribution in [0.5, 0.6) is 0 Å². The van der Waals surface area contributed by atoms with Gasteiger partial charge >= 0.3 is 6.18 Å². The quantitative estimate of drug-likeness (QED) is 0.609. The highest BCUT2D eigenvalue weighted by atomic mass is 19.4. The Bertz CT molecular complexity index is 1190. The molecule has 0 saturated carbocycles. The number of benzene rings is 1. The summed E-state index contributed by atoms with van der Waals surface area (Å²) >= 11 is 0. The Labute approximate surface area is 193 Å². The second-order valence-corrected chi connectivity index (χ2v) is 8.21. The number of nitrogens with zero attached hydrogens (tertiary/aromatic N) is 6. The number of nitrogens with one attached hydrogen (secondary N) is 1. The van der Waals surface area contributed by atoms with E-state index < -0.39 is 12.0 Å². The number of fused-ring (bicyclic) bond motifs is 1. The number of alkyl halides is 3. The van der Waals surface area contributed by atoms with Crippen LogP contribution in [-0.2, 0) is 17.5 Å². The van der Waals surface area contributed by atoms with Gasteiger partial charge in [-0.1, -0.05) is 12.1 Å². The fraction of sp³-hybridized carbons (Fsp3) is 0.409. The zero-order valence-electron chi connectivity index (χ0n) is 18.7. The van der Waals surface area contributed by atoms with Gasteiger partial charge in [0, 0.05) is 45.2 Å². The van der Waals surface area contributed by atoms with Gasteiger partial charge in [-0.25, -0.2) is 0 Å². The lowest BCUT2D eigenvalue weighted by molar-refractivity contribution is -0.146. The van der Waals surface area contributed by atoms with Gasteiger partial charge in [-0.15, -0.1) is 15.3 Å². The maximum absolute atomic E-state index is 13.1. The number of halogens is 3. The van der Waals surface area contributed by atoms with Gasteiger partial charge in [0.05, 0.1) is 0 Å². The summed E-state index contributed by atoms with van der Waals surface area (Å²) in [7, 11) is 3.30. The smallest absolute Gasteiger partial charge is 0.355 e. The van der Waals surface area contributed by atoms with Gasteiger partial charge in [-0.2, -0.15) is 17.7 Å². The molecule has 3 heterocycles. The molecule has 1 N–H and O–H groups in total. The highest BCUT2D eigenvalue weighted by Crippen LogP contribution is 2.29. The van der Waals surface area contributed by atoms with E-state index >= 15 is 0 Å². The van der Waals surface area contributed by atoms with E-state index in [1.807, 2.05) is 17.0 Å². The van der Waals surface area contributed by atoms with E-state index in [9.17, 15) is 22.8 Å². The van der Waals surface area contributed by atoms with Gasteiger partial charge in [0.15, 0.2) is 5.65 Å². The Hall–Kier alpha value is -3.70. The van der Waals surface area contributed by atoms with Crippen molar-refractivity contribution >= 4 is 23.3 Å². The van der Waals surface area contributed by atoms with E-state index in [1.54, 1.807) is 37.2 Å². The zero-order valence-corrected chi connectivity index (χ0v) is 18.7. The number of carbonyl (C=O) groups is 2. The van der Waals surface area contributed by atoms with Gasteiger partial charge in [0.2, 0.25) is 5.91 Å². The maximum atomic E-state index is 13.1. The van der Waals surface area contributed by atoms with Crippen molar-refractivity contribution in [2.24, 2.45) is 5.92 Å². The predicted octanol–water partition coefficient (Wildman–Crippen LogP) is 2.38. The third kappa shape index (κ3) is 4.80. The first-order chi connectivity index (χ1) is 16.2. The Morgan fingerprint density at radius 2 is 1.76 bits per heavy atom. The standard InChI is InChI=1S/C22H24F3N7O2/c1-26-19(33)15-5-3-14(4-6-15)13-30(2)20(34)16-9-11-31(12-10-16)18-8-7-17-27-28-21(22(23,24)25)32(17)29-18/h3-8,16H,9-13H2,1-2H3,(H,26,33). The van der Waals surface area contributed by atoms with Crippen LogP contribution in [0.2, 0.25) is 0 Å². The summed E-state index contributed by atoms with van der Waals surface area (Å²) in [5.74, 6) is -1.13. The largest absolute Gasteiger partial charge is 0.453 e. The first-order valence-electron chi connectivity index (χ1n) is 10.8. The molecule has 3 aromatic rings. The van der Waals surface area contributed by atoms with Crippen LogP contribution in [0.25, 0.3) is 5.65 Å². The molecule has 34 heavy (non-hydrogen) atoms. The van der Waals surface area contributed by atoms with Gasteiger partial charge in [-0.3, -0.25) is 9.59 Å². The number of hydrogen-bond donors (Lipinski definition) is 1. The van der Waals surface area contributed by atoms with Crippen molar-refractivity contribution < 1.29 is 22.8 Å². The molecule has 12 heteroatoms. The van der Waals surface area contributed by atoms with Crippen molar-refractivity contribution in [3.05, 3.63) is 53.3 Å². The van der Waals surface area contributed by atoms with E-state index in [0.29, 0.717) is 48.4 Å². The highest BCUT2D eigenvalue weighted by molar-refractivity contribution is 5.93. The van der Waals surface area contributed by atoms with Crippen LogP contribution in [0.4, 0.5) is 19.0 Å². The van der Waals surface area contributed by atoms with Crippen LogP contribution < -0.4 is 10.2 Å². The van der Waals surface area contributed by atoms with E-state index in [4.69, 9.17) is 0 Å². The fourth-order valence-corrected chi connectivity index (χ4v) is 4.05. The minimum Gasteiger partial charge on any atom is -0.355 e. The van der Waals surface area contributed by atoms with Gasteiger partial charge < -0.3 is 15.1 Å². The summed E-state index contributed by atoms with van der Waals surface area (Å²) in [4.78, 5) is 28.1. The number of rotatable bonds is 5. The van der Waals surface area contributed by atoms with Gasteiger partial charge in [-0.05, 0) is 42.7 Å². The Balaban J connectivity index is 1.36. The van der Waals surface area contributed by atoms with Crippen LogP contribution in [0.3, 0.4) is 0 Å². The SMILES string of the molecule is CNC(=O)c1ccc(CN(C)C(=O)C2CCN(c3ccc4nnc(C(F)(F)F)n4n3)CC2)cc1. The van der Waals surface area contributed by atoms with Crippen LogP contribution >= 0.6 is 0 Å². The topological polar surface area (TPSA) is 95.7 Å². The molecule has 0 bridgehead atoms. The molecule has 0 aliphatic carbocycles. The van der Waals surface area contributed by atoms with Crippen LogP contribution in [-0.4, -0.2) is 63.7 Å². The summed E-state index contributed by atoms with van der Waals surface area (Å²) in [6.07, 6.45) is -3.53. The third-order valence-corrected chi connectivity index (χ3v) is 5.91. The molecule has 2 amide bonds. The fourth-order valence-electron chi connectivity index (χ4n) is 4.05. The maximum Gasteiger partial charge on any atom is 0.453 e.